The van der Waals surface area contributed by atoms with Crippen LogP contribution in [0.5, 0.6) is 0 Å². The number of hydrogen-bond acceptors (Lipinski definition) is 18. The van der Waals surface area contributed by atoms with Crippen LogP contribution in [0.4, 0.5) is 0 Å². The second-order valence-corrected chi connectivity index (χ2v) is 14.6. The average molecular weight is 980 g/mol. The third-order valence-corrected chi connectivity index (χ3v) is 10.3. The normalized spacial score (nSPS) is 9.87. The zero-order valence-corrected chi connectivity index (χ0v) is 42.4. The van der Waals surface area contributed by atoms with Crippen molar-refractivity contribution in [1.82, 2.24) is 14.6 Å². The summed E-state index contributed by atoms with van der Waals surface area (Å²) >= 11 is 0. The molecule has 0 bridgehead atoms. The van der Waals surface area contributed by atoms with E-state index in [9.17, 15) is 8.42 Å². The molecule has 69 heavy (non-hydrogen) atoms. The number of pyridine rings is 1. The van der Waals surface area contributed by atoms with Crippen molar-refractivity contribution in [2.75, 3.05) is 14.2 Å². The number of nitrogens with one attached hydrogen (secondary N) is 1. The van der Waals surface area contributed by atoms with Gasteiger partial charge in [0.15, 0.2) is 0 Å². The van der Waals surface area contributed by atoms with E-state index in [0.29, 0.717) is 11.4 Å². The van der Waals surface area contributed by atoms with Gasteiger partial charge in [0.05, 0.1) is 11.4 Å². The van der Waals surface area contributed by atoms with Gasteiger partial charge in [-0.2, -0.15) is 64.6 Å². The van der Waals surface area contributed by atoms with E-state index in [2.05, 4.69) is 93.6 Å². The van der Waals surface area contributed by atoms with Crippen molar-refractivity contribution >= 4 is 68.9 Å². The van der Waals surface area contributed by atoms with Crippen LogP contribution in [0.25, 0.3) is 21.9 Å². The van der Waals surface area contributed by atoms with Crippen molar-refractivity contribution in [2.45, 2.75) is 66.5 Å². The van der Waals surface area contributed by atoms with Crippen LogP contribution < -0.4 is 40.0 Å². The van der Waals surface area contributed by atoms with Gasteiger partial charge >= 0.3 is 66.5 Å². The minimum absolute atomic E-state index is 0. The fourth-order valence-corrected chi connectivity index (χ4v) is 7.73. The molecule has 0 saturated carbocycles. The molecule has 5 aromatic rings. The summed E-state index contributed by atoms with van der Waals surface area (Å²) in [7, 11) is -1.76. The van der Waals surface area contributed by atoms with Gasteiger partial charge in [0.1, 0.15) is 0 Å². The Morgan fingerprint density at radius 1 is 0.551 bits per heavy atom. The Hall–Kier alpha value is -7.48. The fraction of sp³-hybridized carbons (Fsp3) is 0.229. The van der Waals surface area contributed by atoms with E-state index in [1.807, 2.05) is 50.5 Å². The second kappa shape index (κ2) is 43.1. The summed E-state index contributed by atoms with van der Waals surface area (Å²) in [6.07, 6.45) is 9.16. The molecular formula is C48H50N3NaO16S. The molecule has 7 rings (SSSR count). The summed E-state index contributed by atoms with van der Waals surface area (Å²) in [5.74, 6) is 0. The van der Waals surface area contributed by atoms with E-state index >= 15 is 0 Å². The van der Waals surface area contributed by atoms with Gasteiger partial charge < -0.3 is 15.5 Å². The van der Waals surface area contributed by atoms with E-state index in [1.165, 1.54) is 54.0 Å². The number of rotatable bonds is 2. The number of fused-ring (bicyclic) bond motifs is 3. The summed E-state index contributed by atoms with van der Waals surface area (Å²) in [6, 6.07) is 25.8. The number of aliphatic hydroxyl groups excluding tert-OH is 1. The van der Waals surface area contributed by atoms with Crippen LogP contribution in [0.1, 0.15) is 63.9 Å². The van der Waals surface area contributed by atoms with Gasteiger partial charge in [-0.3, -0.25) is 9.29 Å². The largest absolute Gasteiger partial charge is 1.00 e. The molecule has 1 aromatic heterocycles. The SMILES string of the molecule is CC1=CN(S(=O)(=O)c2ccc(C)cc2)Cc2cccc(C)c21.CC1=CNCc2cccc(C)c21.CO.C[O-].Cc1cccc2cncc(C)c12.O=C=O.O=C=O.O=C=O.O=C=O.O=C=O.O=C=O.[Na+]. The van der Waals surface area contributed by atoms with Crippen LogP contribution >= 0.6 is 0 Å². The van der Waals surface area contributed by atoms with E-state index in [-0.39, 0.29) is 66.5 Å². The van der Waals surface area contributed by atoms with Crippen LogP contribution in [0.15, 0.2) is 109 Å². The number of carbonyl (C=O) groups excluding carboxylic acids is 12. The number of aromatic nitrogens is 1. The number of aryl methyl sites for hydroxylation is 5. The van der Waals surface area contributed by atoms with Gasteiger partial charge in [-0.05, 0) is 122 Å². The zero-order chi connectivity index (χ0) is 53.3. The Morgan fingerprint density at radius 2 is 0.957 bits per heavy atom. The van der Waals surface area contributed by atoms with Gasteiger partial charge in [-0.15, -0.1) is 0 Å². The monoisotopic (exact) mass is 979 g/mol. The summed E-state index contributed by atoms with van der Waals surface area (Å²) < 4.78 is 27.1. The van der Waals surface area contributed by atoms with Gasteiger partial charge in [-0.1, -0.05) is 72.3 Å². The molecule has 3 heterocycles. The van der Waals surface area contributed by atoms with Crippen LogP contribution in [0, 0.1) is 34.6 Å². The first kappa shape index (κ1) is 70.5. The molecule has 0 atom stereocenters. The predicted molar refractivity (Wildman–Crippen MR) is 236 cm³/mol. The van der Waals surface area contributed by atoms with Crippen molar-refractivity contribution < 1.29 is 106 Å². The molecule has 4 aromatic carbocycles. The zero-order valence-electron chi connectivity index (χ0n) is 39.6. The Kier molecular flexibility index (Phi) is 44.1. The summed E-state index contributed by atoms with van der Waals surface area (Å²) in [6.45, 7) is 15.9. The minimum atomic E-state index is -3.51. The summed E-state index contributed by atoms with van der Waals surface area (Å²) in [5, 5.41) is 21.1. The van der Waals surface area contributed by atoms with Gasteiger partial charge in [-0.25, -0.2) is 8.42 Å². The number of sulfonamides is 1. The van der Waals surface area contributed by atoms with E-state index in [0.717, 1.165) is 43.0 Å². The number of benzene rings is 4. The van der Waals surface area contributed by atoms with Crippen LogP contribution in [0.2, 0.25) is 0 Å². The maximum absolute atomic E-state index is 12.8. The Balaban J connectivity index is -0.000000251. The van der Waals surface area contributed by atoms with Crippen molar-refractivity contribution in [3.8, 4) is 0 Å². The van der Waals surface area contributed by atoms with Gasteiger partial charge in [0.25, 0.3) is 10.0 Å². The summed E-state index contributed by atoms with van der Waals surface area (Å²) in [4.78, 5) is 102. The first-order valence-electron chi connectivity index (χ1n) is 18.9. The van der Waals surface area contributed by atoms with Crippen LogP contribution in [-0.4, -0.2) is 73.9 Å². The number of nitrogens with zero attached hydrogens (tertiary/aromatic N) is 2. The maximum atomic E-state index is 12.8. The smallest absolute Gasteiger partial charge is 0.857 e. The predicted octanol–water partition coefficient (Wildman–Crippen LogP) is 1.27. The van der Waals surface area contributed by atoms with E-state index in [4.69, 9.17) is 67.7 Å². The van der Waals surface area contributed by atoms with Crippen LogP contribution in [0.3, 0.4) is 0 Å². The molecular weight excluding hydrogens is 930 g/mol. The van der Waals surface area contributed by atoms with E-state index < -0.39 is 10.0 Å². The first-order chi connectivity index (χ1) is 32.5. The second-order valence-electron chi connectivity index (χ2n) is 12.7. The third-order valence-electron chi connectivity index (χ3n) is 8.59. The first-order valence-corrected chi connectivity index (χ1v) is 20.4. The van der Waals surface area contributed by atoms with Crippen molar-refractivity contribution in [2.24, 2.45) is 0 Å². The number of aliphatic hydroxyl groups is 1. The minimum Gasteiger partial charge on any atom is -0.857 e. The Morgan fingerprint density at radius 3 is 1.39 bits per heavy atom. The molecule has 0 spiro atoms. The molecule has 2 aliphatic heterocycles. The van der Waals surface area contributed by atoms with Crippen LogP contribution in [-0.2, 0) is 80.6 Å². The molecule has 2 N–H and O–H groups in total. The molecule has 0 radical (unpaired) electrons. The van der Waals surface area contributed by atoms with Crippen molar-refractivity contribution in [3.05, 3.63) is 154 Å². The van der Waals surface area contributed by atoms with Crippen molar-refractivity contribution in [1.29, 1.82) is 0 Å². The molecule has 0 unspecified atom stereocenters. The Bertz CT molecular complexity index is 2560. The molecule has 360 valence electrons. The average Bonchev–Trinajstić information content (AvgIpc) is 3.30. The third kappa shape index (κ3) is 26.4. The number of hydrogen-bond donors (Lipinski definition) is 2. The standard InChI is InChI=1S/C18H19NO2S.C11H13N.C11H11N.6CO2.CH4O.CH3O.Na/c1-13-7-9-17(10-8-13)22(20,21)19-11-15(3)18-14(2)5-4-6-16(18)12-19;2*1-8-4-3-5-10-7-12-6-9(2)11(8)10;6*2-1-3;2*1-2;/h4-11H,12H2,1-3H3;3-6,12H,7H2,1-2H3;3-7H,1-2H3;;;;;;;2H,1H3;1H3;/q;;;;;;;;;;-1;+1. The maximum Gasteiger partial charge on any atom is 1.00 e. The Labute approximate surface area is 421 Å². The summed E-state index contributed by atoms with van der Waals surface area (Å²) in [5.41, 5.74) is 13.6. The number of allylic oxidation sites excluding steroid dienone is 2. The van der Waals surface area contributed by atoms with E-state index in [1.54, 1.807) is 18.3 Å². The van der Waals surface area contributed by atoms with Gasteiger partial charge in [0.2, 0.25) is 0 Å². The van der Waals surface area contributed by atoms with Crippen molar-refractivity contribution in [3.63, 3.8) is 0 Å². The molecule has 2 aliphatic rings. The topological polar surface area (TPSA) is 310 Å². The molecule has 21 heteroatoms. The quantitative estimate of drug-likeness (QED) is 0.235. The molecule has 0 amide bonds. The molecule has 19 nitrogen and oxygen atoms in total. The fourth-order valence-electron chi connectivity index (χ4n) is 6.38. The molecule has 0 aliphatic carbocycles. The molecule has 0 saturated heterocycles. The van der Waals surface area contributed by atoms with Gasteiger partial charge in [0, 0.05) is 43.8 Å². The molecule has 0 fully saturated rings.